The summed E-state index contributed by atoms with van der Waals surface area (Å²) in [6.07, 6.45) is 5.42. The van der Waals surface area contributed by atoms with Gasteiger partial charge in [0.25, 0.3) is 0 Å². The Hall–Kier alpha value is -0.120. The van der Waals surface area contributed by atoms with Crippen molar-refractivity contribution in [2.45, 2.75) is 44.8 Å². The summed E-state index contributed by atoms with van der Waals surface area (Å²) in [5.74, 6) is 0. The highest BCUT2D eigenvalue weighted by molar-refractivity contribution is 4.77. The second-order valence-corrected chi connectivity index (χ2v) is 3.91. The monoisotopic (exact) mass is 201 g/mol. The van der Waals surface area contributed by atoms with Gasteiger partial charge in [0.05, 0.1) is 19.3 Å². The van der Waals surface area contributed by atoms with Crippen LogP contribution in [0, 0.1) is 0 Å². The molecule has 0 saturated heterocycles. The lowest BCUT2D eigenvalue weighted by atomic mass is 9.93. The second kappa shape index (κ2) is 7.21. The number of hydrogen-bond donors (Lipinski definition) is 1. The van der Waals surface area contributed by atoms with Crippen LogP contribution in [-0.4, -0.2) is 39.0 Å². The van der Waals surface area contributed by atoms with Gasteiger partial charge in [0.15, 0.2) is 0 Å². The molecule has 3 heteroatoms. The summed E-state index contributed by atoms with van der Waals surface area (Å²) in [6.45, 7) is 4.67. The van der Waals surface area contributed by atoms with E-state index in [1.54, 1.807) is 7.11 Å². The van der Waals surface area contributed by atoms with Gasteiger partial charge in [0.1, 0.15) is 0 Å². The largest absolute Gasteiger partial charge is 0.382 e. The summed E-state index contributed by atoms with van der Waals surface area (Å²) < 4.78 is 10.7. The summed E-state index contributed by atoms with van der Waals surface area (Å²) in [5.41, 5.74) is 0. The lowest BCUT2D eigenvalue weighted by molar-refractivity contribution is -0.00629. The average Bonchev–Trinajstić information content (AvgIpc) is 2.19. The van der Waals surface area contributed by atoms with Gasteiger partial charge in [-0.25, -0.2) is 0 Å². The lowest BCUT2D eigenvalue weighted by Gasteiger charge is -2.29. The first kappa shape index (κ1) is 12.0. The highest BCUT2D eigenvalue weighted by Gasteiger charge is 2.21. The van der Waals surface area contributed by atoms with E-state index < -0.39 is 0 Å². The molecule has 0 bridgehead atoms. The zero-order valence-electron chi connectivity index (χ0n) is 9.42. The molecule has 0 radical (unpaired) electrons. The van der Waals surface area contributed by atoms with Crippen molar-refractivity contribution < 1.29 is 9.47 Å². The summed E-state index contributed by atoms with van der Waals surface area (Å²) >= 11 is 0. The molecule has 0 amide bonds. The predicted molar refractivity (Wildman–Crippen MR) is 57.5 cm³/mol. The first-order valence-corrected chi connectivity index (χ1v) is 5.70. The molecule has 0 aromatic rings. The van der Waals surface area contributed by atoms with Crippen LogP contribution in [0.1, 0.15) is 32.6 Å². The standard InChI is InChI=1S/C11H23NO2/c1-3-12-10-5-4-6-11(9-10)14-8-7-13-2/h10-12H,3-9H2,1-2H3. The number of ether oxygens (including phenoxy) is 2. The third kappa shape index (κ3) is 4.40. The maximum Gasteiger partial charge on any atom is 0.0704 e. The molecule has 2 unspecified atom stereocenters. The van der Waals surface area contributed by atoms with E-state index in [9.17, 15) is 0 Å². The van der Waals surface area contributed by atoms with Crippen LogP contribution in [-0.2, 0) is 9.47 Å². The van der Waals surface area contributed by atoms with Crippen molar-refractivity contribution in [3.05, 3.63) is 0 Å². The zero-order valence-corrected chi connectivity index (χ0v) is 9.42. The molecule has 14 heavy (non-hydrogen) atoms. The molecule has 1 aliphatic carbocycles. The summed E-state index contributed by atoms with van der Waals surface area (Å²) in [6, 6.07) is 0.668. The molecule has 84 valence electrons. The minimum Gasteiger partial charge on any atom is -0.382 e. The Balaban J connectivity index is 2.12. The van der Waals surface area contributed by atoms with E-state index in [4.69, 9.17) is 9.47 Å². The van der Waals surface area contributed by atoms with Crippen LogP contribution in [0.25, 0.3) is 0 Å². The first-order valence-electron chi connectivity index (χ1n) is 5.70. The van der Waals surface area contributed by atoms with Crippen LogP contribution in [0.3, 0.4) is 0 Å². The second-order valence-electron chi connectivity index (χ2n) is 3.91. The molecule has 1 saturated carbocycles. The Labute approximate surface area is 87.2 Å². The quantitative estimate of drug-likeness (QED) is 0.662. The van der Waals surface area contributed by atoms with Gasteiger partial charge in [-0.15, -0.1) is 0 Å². The highest BCUT2D eigenvalue weighted by Crippen LogP contribution is 2.20. The Morgan fingerprint density at radius 2 is 2.14 bits per heavy atom. The molecule has 0 spiro atoms. The van der Waals surface area contributed by atoms with Crippen molar-refractivity contribution in [3.63, 3.8) is 0 Å². The maximum absolute atomic E-state index is 5.73. The van der Waals surface area contributed by atoms with Crippen LogP contribution in [0.15, 0.2) is 0 Å². The van der Waals surface area contributed by atoms with Gasteiger partial charge >= 0.3 is 0 Å². The molecule has 0 aromatic heterocycles. The molecule has 3 nitrogen and oxygen atoms in total. The molecule has 2 atom stereocenters. The van der Waals surface area contributed by atoms with Gasteiger partial charge in [-0.2, -0.15) is 0 Å². The van der Waals surface area contributed by atoms with Gasteiger partial charge in [-0.1, -0.05) is 6.92 Å². The minimum atomic E-state index is 0.447. The fourth-order valence-electron chi connectivity index (χ4n) is 2.07. The third-order valence-corrected chi connectivity index (χ3v) is 2.76. The van der Waals surface area contributed by atoms with Crippen LogP contribution >= 0.6 is 0 Å². The molecule has 1 N–H and O–H groups in total. The molecule has 0 aromatic carbocycles. The lowest BCUT2D eigenvalue weighted by Crippen LogP contribution is -2.37. The van der Waals surface area contributed by atoms with Gasteiger partial charge in [0, 0.05) is 13.2 Å². The van der Waals surface area contributed by atoms with Crippen molar-refractivity contribution in [3.8, 4) is 0 Å². The van der Waals surface area contributed by atoms with Crippen LogP contribution in [0.2, 0.25) is 0 Å². The molecule has 0 aliphatic heterocycles. The van der Waals surface area contributed by atoms with Gasteiger partial charge in [-0.3, -0.25) is 0 Å². The summed E-state index contributed by atoms with van der Waals surface area (Å²) in [5, 5.41) is 3.49. The molecule has 0 heterocycles. The average molecular weight is 201 g/mol. The normalized spacial score (nSPS) is 27.9. The van der Waals surface area contributed by atoms with Gasteiger partial charge < -0.3 is 14.8 Å². The van der Waals surface area contributed by atoms with E-state index in [0.717, 1.165) is 19.6 Å². The van der Waals surface area contributed by atoms with Crippen molar-refractivity contribution in [1.29, 1.82) is 0 Å². The Morgan fingerprint density at radius 3 is 2.86 bits per heavy atom. The first-order chi connectivity index (χ1) is 6.86. The smallest absolute Gasteiger partial charge is 0.0704 e. The Morgan fingerprint density at radius 1 is 1.29 bits per heavy atom. The minimum absolute atomic E-state index is 0.447. The van der Waals surface area contributed by atoms with Crippen LogP contribution in [0.5, 0.6) is 0 Å². The summed E-state index contributed by atoms with van der Waals surface area (Å²) in [7, 11) is 1.71. The Kier molecular flexibility index (Phi) is 6.15. The fourth-order valence-corrected chi connectivity index (χ4v) is 2.07. The number of nitrogens with one attached hydrogen (secondary N) is 1. The van der Waals surface area contributed by atoms with E-state index in [2.05, 4.69) is 12.2 Å². The molecule has 1 fully saturated rings. The van der Waals surface area contributed by atoms with Crippen molar-refractivity contribution in [2.75, 3.05) is 26.9 Å². The fraction of sp³-hybridized carbons (Fsp3) is 1.00. The molecular formula is C11H23NO2. The maximum atomic E-state index is 5.73. The number of rotatable bonds is 6. The van der Waals surface area contributed by atoms with E-state index in [1.165, 1.54) is 19.3 Å². The van der Waals surface area contributed by atoms with Crippen LogP contribution < -0.4 is 5.32 Å². The number of methoxy groups -OCH3 is 1. The van der Waals surface area contributed by atoms with E-state index >= 15 is 0 Å². The van der Waals surface area contributed by atoms with Gasteiger partial charge in [-0.05, 0) is 32.2 Å². The predicted octanol–water partition coefficient (Wildman–Crippen LogP) is 1.57. The highest BCUT2D eigenvalue weighted by atomic mass is 16.5. The van der Waals surface area contributed by atoms with Crippen molar-refractivity contribution in [1.82, 2.24) is 5.32 Å². The van der Waals surface area contributed by atoms with Crippen LogP contribution in [0.4, 0.5) is 0 Å². The third-order valence-electron chi connectivity index (χ3n) is 2.76. The van der Waals surface area contributed by atoms with E-state index in [1.807, 2.05) is 0 Å². The number of hydrogen-bond acceptors (Lipinski definition) is 3. The van der Waals surface area contributed by atoms with E-state index in [0.29, 0.717) is 18.8 Å². The molecule has 1 rings (SSSR count). The topological polar surface area (TPSA) is 30.5 Å². The summed E-state index contributed by atoms with van der Waals surface area (Å²) in [4.78, 5) is 0. The van der Waals surface area contributed by atoms with E-state index in [-0.39, 0.29) is 0 Å². The Bertz CT molecular complexity index is 139. The van der Waals surface area contributed by atoms with Crippen molar-refractivity contribution >= 4 is 0 Å². The van der Waals surface area contributed by atoms with Crippen molar-refractivity contribution in [2.24, 2.45) is 0 Å². The van der Waals surface area contributed by atoms with Gasteiger partial charge in [0.2, 0.25) is 0 Å². The molecular weight excluding hydrogens is 178 g/mol. The molecule has 1 aliphatic rings. The SMILES string of the molecule is CCNC1CCCC(OCCOC)C1. The zero-order chi connectivity index (χ0) is 10.2.